The van der Waals surface area contributed by atoms with Crippen LogP contribution in [0.5, 0.6) is 0 Å². The Morgan fingerprint density at radius 2 is 1.91 bits per heavy atom. The first-order valence-electron chi connectivity index (χ1n) is 15.8. The van der Waals surface area contributed by atoms with Crippen LogP contribution in [0.1, 0.15) is 67.0 Å². The molecule has 3 aromatic heterocycles. The van der Waals surface area contributed by atoms with Gasteiger partial charge in [0.2, 0.25) is 0 Å². The minimum atomic E-state index is -1.52. The summed E-state index contributed by atoms with van der Waals surface area (Å²) in [4.78, 5) is 12.4. The zero-order valence-electron chi connectivity index (χ0n) is 28.0. The molecule has 6 rings (SSSR count). The number of benzene rings is 1. The van der Waals surface area contributed by atoms with Crippen LogP contribution in [0.3, 0.4) is 0 Å². The smallest absolute Gasteiger partial charge is 0.186 e. The van der Waals surface area contributed by atoms with Crippen molar-refractivity contribution in [3.63, 3.8) is 0 Å². The molecule has 0 saturated carbocycles. The fourth-order valence-corrected chi connectivity index (χ4v) is 10.2. The first-order chi connectivity index (χ1) is 21.7. The van der Waals surface area contributed by atoms with Crippen molar-refractivity contribution >= 4 is 59.6 Å². The standard InChI is InChI=1S/C32H45N7O4S2Si/c1-21-27(46-36-44(40)30(2,3)4)32(20-42-21)12-15-38(16-13-32)28-25(19-43-45(41)31(5,6)7)35-29-24(34-28)18-33-39(29)23-10-9-22-11-14-37(8)26(22)17-23/h9-11,14,17-18,21,27,46H,12-13,15-16,19-20H2,1-8H3/b46-36+/t21-,27?,44?,45?/m0/s1. The predicted molar refractivity (Wildman–Crippen MR) is 186 cm³/mol. The third-order valence-corrected chi connectivity index (χ3v) is 14.3. The van der Waals surface area contributed by atoms with Gasteiger partial charge in [-0.1, -0.05) is 6.07 Å². The van der Waals surface area contributed by atoms with Gasteiger partial charge in [0.15, 0.2) is 31.9 Å². The maximum absolute atomic E-state index is 12.9. The van der Waals surface area contributed by atoms with Gasteiger partial charge in [-0.2, -0.15) is 5.10 Å². The average molecular weight is 684 g/mol. The molecule has 2 aliphatic heterocycles. The minimum absolute atomic E-state index is 0.000765. The molecular weight excluding hydrogens is 639 g/mol. The number of fused-ring (bicyclic) bond motifs is 2. The highest BCUT2D eigenvalue weighted by molar-refractivity contribution is 7.91. The van der Waals surface area contributed by atoms with Crippen molar-refractivity contribution in [1.29, 1.82) is 0 Å². The molecule has 2 aliphatic rings. The summed E-state index contributed by atoms with van der Waals surface area (Å²) in [5.74, 6) is 0.736. The van der Waals surface area contributed by atoms with Gasteiger partial charge < -0.3 is 18.8 Å². The van der Waals surface area contributed by atoms with Gasteiger partial charge in [-0.3, -0.25) is 4.18 Å². The molecule has 4 atom stereocenters. The van der Waals surface area contributed by atoms with E-state index in [2.05, 4.69) is 34.6 Å². The van der Waals surface area contributed by atoms with E-state index in [0.29, 0.717) is 23.5 Å². The summed E-state index contributed by atoms with van der Waals surface area (Å²) in [6, 6.07) is 8.30. The highest BCUT2D eigenvalue weighted by Gasteiger charge is 2.49. The summed E-state index contributed by atoms with van der Waals surface area (Å²) < 4.78 is 45.5. The van der Waals surface area contributed by atoms with Gasteiger partial charge >= 0.3 is 0 Å². The van der Waals surface area contributed by atoms with Crippen LogP contribution < -0.4 is 4.90 Å². The third kappa shape index (κ3) is 6.48. The van der Waals surface area contributed by atoms with Crippen LogP contribution in [0.15, 0.2) is 40.7 Å². The maximum Gasteiger partial charge on any atom is 0.186 e. The lowest BCUT2D eigenvalue weighted by Crippen LogP contribution is -2.44. The first-order valence-corrected chi connectivity index (χ1v) is 19.2. The number of ether oxygens (including phenoxy) is 1. The fraction of sp³-hybridized carbons (Fsp3) is 0.594. The van der Waals surface area contributed by atoms with E-state index in [-0.39, 0.29) is 37.7 Å². The Kier molecular flexibility index (Phi) is 9.09. The van der Waals surface area contributed by atoms with Crippen LogP contribution >= 0.6 is 0 Å². The van der Waals surface area contributed by atoms with Crippen molar-refractivity contribution in [1.82, 2.24) is 24.3 Å². The van der Waals surface area contributed by atoms with E-state index >= 15 is 0 Å². The van der Waals surface area contributed by atoms with Crippen LogP contribution in [0, 0.1) is 5.41 Å². The number of rotatable bonds is 7. The molecule has 4 aromatic rings. The Morgan fingerprint density at radius 1 is 1.17 bits per heavy atom. The van der Waals surface area contributed by atoms with Crippen LogP contribution in [0.2, 0.25) is 5.54 Å². The zero-order chi connectivity index (χ0) is 33.0. The third-order valence-electron chi connectivity index (χ3n) is 9.12. The van der Waals surface area contributed by atoms with Gasteiger partial charge in [0, 0.05) is 42.8 Å². The quantitative estimate of drug-likeness (QED) is 0.193. The highest BCUT2D eigenvalue weighted by atomic mass is 32.2. The van der Waals surface area contributed by atoms with E-state index in [9.17, 15) is 8.76 Å². The van der Waals surface area contributed by atoms with Crippen LogP contribution in [-0.2, 0) is 45.0 Å². The molecular formula is C32H45N7O4S2Si. The van der Waals surface area contributed by atoms with Crippen molar-refractivity contribution in [2.45, 2.75) is 89.1 Å². The molecule has 3 unspecified atom stereocenters. The molecule has 0 radical (unpaired) electrons. The summed E-state index contributed by atoms with van der Waals surface area (Å²) in [5.41, 5.74) is 4.22. The second-order valence-electron chi connectivity index (χ2n) is 14.5. The predicted octanol–water partition coefficient (Wildman–Crippen LogP) is 5.16. The lowest BCUT2D eigenvalue weighted by atomic mass is 9.76. The van der Waals surface area contributed by atoms with Crippen molar-refractivity contribution in [3.8, 4) is 5.69 Å². The monoisotopic (exact) mass is 683 g/mol. The van der Waals surface area contributed by atoms with E-state index < -0.39 is 27.2 Å². The Bertz CT molecular complexity index is 1790. The number of piperidine rings is 1. The molecule has 0 amide bonds. The molecule has 0 bridgehead atoms. The minimum Gasteiger partial charge on any atom is -0.592 e. The second kappa shape index (κ2) is 12.5. The molecule has 1 aromatic carbocycles. The molecule has 0 N–H and O–H groups in total. The number of anilines is 1. The molecule has 46 heavy (non-hydrogen) atoms. The number of hydrogen-bond donors (Lipinski definition) is 0. The van der Waals surface area contributed by atoms with E-state index in [1.54, 1.807) is 6.20 Å². The molecule has 2 saturated heterocycles. The van der Waals surface area contributed by atoms with Gasteiger partial charge in [0.25, 0.3) is 0 Å². The number of hydrogen-bond acceptors (Lipinski definition) is 9. The van der Waals surface area contributed by atoms with Gasteiger partial charge in [-0.15, -0.1) is 4.04 Å². The van der Waals surface area contributed by atoms with E-state index in [1.165, 1.54) is 0 Å². The topological polar surface area (TPSA) is 123 Å². The lowest BCUT2D eigenvalue weighted by molar-refractivity contribution is 0.0975. The van der Waals surface area contributed by atoms with Crippen LogP contribution in [0.25, 0.3) is 27.8 Å². The van der Waals surface area contributed by atoms with Gasteiger partial charge in [-0.05, 0) is 84.9 Å². The summed E-state index contributed by atoms with van der Waals surface area (Å²) in [7, 11) is 1.65. The molecule has 14 heteroatoms. The van der Waals surface area contributed by atoms with E-state index in [1.807, 2.05) is 65.5 Å². The summed E-state index contributed by atoms with van der Waals surface area (Å²) in [6.45, 7) is 16.0. The molecule has 5 heterocycles. The van der Waals surface area contributed by atoms with Crippen molar-refractivity contribution in [2.75, 3.05) is 24.6 Å². The SMILES string of the molecule is C[C@@H]1OCC2(CCN(c3nc4cnn(-c5ccc6ccn(C)c6c5)c4nc3COS(=O)C(C)(C)C)CC2)C1/[SiH]=N/[S+]([O-])C(C)(C)C. The normalized spacial score (nSPS) is 22.1. The van der Waals surface area contributed by atoms with Gasteiger partial charge in [0.1, 0.15) is 22.6 Å². The van der Waals surface area contributed by atoms with E-state index in [0.717, 1.165) is 48.3 Å². The molecule has 11 nitrogen and oxygen atoms in total. The molecule has 0 aliphatic carbocycles. The molecule has 2 fully saturated rings. The Hall–Kier alpha value is -2.49. The Morgan fingerprint density at radius 3 is 2.61 bits per heavy atom. The van der Waals surface area contributed by atoms with Gasteiger partial charge in [-0.25, -0.2) is 18.9 Å². The van der Waals surface area contributed by atoms with Crippen LogP contribution in [0.4, 0.5) is 5.82 Å². The fourth-order valence-electron chi connectivity index (χ4n) is 6.28. The maximum atomic E-state index is 12.9. The Balaban J connectivity index is 1.31. The largest absolute Gasteiger partial charge is 0.592 e. The summed E-state index contributed by atoms with van der Waals surface area (Å²) in [5, 5.41) is 5.84. The number of aryl methyl sites for hydroxylation is 1. The summed E-state index contributed by atoms with van der Waals surface area (Å²) in [6.07, 6.45) is 5.72. The second-order valence-corrected chi connectivity index (χ2v) is 20.1. The summed E-state index contributed by atoms with van der Waals surface area (Å²) >= 11 is -2.74. The number of aromatic nitrogens is 5. The molecule has 248 valence electrons. The van der Waals surface area contributed by atoms with Crippen LogP contribution in [-0.4, -0.2) is 77.7 Å². The van der Waals surface area contributed by atoms with Crippen molar-refractivity contribution in [2.24, 2.45) is 16.5 Å². The Labute approximate surface area is 279 Å². The lowest BCUT2D eigenvalue weighted by Gasteiger charge is -2.42. The average Bonchev–Trinajstić information content (AvgIpc) is 3.68. The van der Waals surface area contributed by atoms with Gasteiger partial charge in [0.05, 0.1) is 40.7 Å². The highest BCUT2D eigenvalue weighted by Crippen LogP contribution is 2.50. The number of nitrogens with zero attached hydrogens (tertiary/aromatic N) is 7. The van der Waals surface area contributed by atoms with Crippen molar-refractivity contribution in [3.05, 3.63) is 42.4 Å². The van der Waals surface area contributed by atoms with Crippen molar-refractivity contribution < 1.29 is 17.7 Å². The first kappa shape index (κ1) is 33.4. The molecule has 1 spiro atoms. The zero-order valence-corrected chi connectivity index (χ0v) is 30.8. The van der Waals surface area contributed by atoms with E-state index in [4.69, 9.17) is 28.0 Å².